The number of hydrogen-bond acceptors (Lipinski definition) is 5. The molecule has 10 heteroatoms. The summed E-state index contributed by atoms with van der Waals surface area (Å²) >= 11 is 0. The number of rotatable bonds is 8. The molecular weight excluding hydrogens is 413 g/mol. The van der Waals surface area contributed by atoms with Crippen LogP contribution in [-0.2, 0) is 24.4 Å². The molecule has 0 radical (unpaired) electrons. The molecule has 1 aromatic carbocycles. The van der Waals surface area contributed by atoms with Gasteiger partial charge in [-0.1, -0.05) is 30.3 Å². The van der Waals surface area contributed by atoms with Gasteiger partial charge in [0.2, 0.25) is 5.88 Å². The largest absolute Gasteiger partial charge is 0.468 e. The normalized spacial score (nSPS) is 14.8. The first kappa shape index (κ1) is 22.8. The van der Waals surface area contributed by atoms with Gasteiger partial charge in [0.15, 0.2) is 6.61 Å². The first-order valence-electron chi connectivity index (χ1n) is 9.93. The smallest absolute Gasteiger partial charge is 0.422 e. The minimum atomic E-state index is -4.46. The van der Waals surface area contributed by atoms with Gasteiger partial charge in [-0.15, -0.1) is 0 Å². The van der Waals surface area contributed by atoms with Gasteiger partial charge >= 0.3 is 12.2 Å². The number of alkyl halides is 3. The van der Waals surface area contributed by atoms with E-state index in [4.69, 9.17) is 9.47 Å². The van der Waals surface area contributed by atoms with Crippen LogP contribution in [0.25, 0.3) is 0 Å². The van der Waals surface area contributed by atoms with Gasteiger partial charge in [0.25, 0.3) is 0 Å². The highest BCUT2D eigenvalue weighted by atomic mass is 19.4. The van der Waals surface area contributed by atoms with Crippen molar-refractivity contribution in [2.45, 2.75) is 25.8 Å². The molecule has 0 atom stereocenters. The Morgan fingerprint density at radius 2 is 1.68 bits per heavy atom. The Morgan fingerprint density at radius 1 is 1.03 bits per heavy atom. The summed E-state index contributed by atoms with van der Waals surface area (Å²) in [7, 11) is 0. The number of halogens is 3. The second-order valence-electron chi connectivity index (χ2n) is 7.06. The van der Waals surface area contributed by atoms with Gasteiger partial charge in [0, 0.05) is 44.5 Å². The molecule has 2 N–H and O–H groups in total. The van der Waals surface area contributed by atoms with Crippen molar-refractivity contribution >= 4 is 6.03 Å². The maximum atomic E-state index is 12.4. The number of nitrogens with zero attached hydrogens (tertiary/aromatic N) is 2. The van der Waals surface area contributed by atoms with Crippen molar-refractivity contribution in [2.24, 2.45) is 0 Å². The third-order valence-electron chi connectivity index (χ3n) is 4.72. The lowest BCUT2D eigenvalue weighted by Crippen LogP contribution is -2.37. The van der Waals surface area contributed by atoms with E-state index < -0.39 is 18.8 Å². The summed E-state index contributed by atoms with van der Waals surface area (Å²) in [6, 6.07) is 10.5. The van der Waals surface area contributed by atoms with E-state index in [0.717, 1.165) is 30.8 Å². The minimum absolute atomic E-state index is 0.0116. The van der Waals surface area contributed by atoms with Gasteiger partial charge in [-0.2, -0.15) is 13.2 Å². The topological polar surface area (TPSA) is 75.7 Å². The van der Waals surface area contributed by atoms with Gasteiger partial charge in [0.05, 0.1) is 13.2 Å². The Morgan fingerprint density at radius 3 is 2.39 bits per heavy atom. The highest BCUT2D eigenvalue weighted by molar-refractivity contribution is 5.73. The Kier molecular flexibility index (Phi) is 8.07. The number of nitrogens with one attached hydrogen (secondary N) is 2. The molecule has 7 nitrogen and oxygen atoms in total. The van der Waals surface area contributed by atoms with E-state index in [9.17, 15) is 18.0 Å². The van der Waals surface area contributed by atoms with E-state index in [1.807, 2.05) is 24.3 Å². The van der Waals surface area contributed by atoms with Crippen LogP contribution in [0.2, 0.25) is 0 Å². The SMILES string of the molecule is O=C(NCc1ccccc1CN1CCOCC1)NCc1cccnc1OCC(F)(F)F. The number of pyridine rings is 1. The Balaban J connectivity index is 1.50. The maximum absolute atomic E-state index is 12.4. The van der Waals surface area contributed by atoms with Crippen molar-refractivity contribution in [1.82, 2.24) is 20.5 Å². The molecule has 168 valence electrons. The number of benzene rings is 1. The van der Waals surface area contributed by atoms with Crippen molar-refractivity contribution in [3.63, 3.8) is 0 Å². The Hall–Kier alpha value is -2.85. The molecule has 31 heavy (non-hydrogen) atoms. The van der Waals surface area contributed by atoms with Crippen LogP contribution in [0.4, 0.5) is 18.0 Å². The Labute approximate surface area is 178 Å². The van der Waals surface area contributed by atoms with E-state index in [1.54, 1.807) is 12.1 Å². The second-order valence-corrected chi connectivity index (χ2v) is 7.06. The summed E-state index contributed by atoms with van der Waals surface area (Å²) in [6.07, 6.45) is -3.13. The molecule has 3 rings (SSSR count). The van der Waals surface area contributed by atoms with Gasteiger partial charge < -0.3 is 20.1 Å². The lowest BCUT2D eigenvalue weighted by molar-refractivity contribution is -0.154. The van der Waals surface area contributed by atoms with Gasteiger partial charge in [-0.25, -0.2) is 9.78 Å². The lowest BCUT2D eigenvalue weighted by Gasteiger charge is -2.27. The van der Waals surface area contributed by atoms with Crippen molar-refractivity contribution in [1.29, 1.82) is 0 Å². The molecule has 2 heterocycles. The van der Waals surface area contributed by atoms with Crippen molar-refractivity contribution in [3.05, 3.63) is 59.3 Å². The van der Waals surface area contributed by atoms with E-state index in [-0.39, 0.29) is 12.4 Å². The van der Waals surface area contributed by atoms with Crippen LogP contribution in [0.15, 0.2) is 42.6 Å². The third-order valence-corrected chi connectivity index (χ3v) is 4.72. The first-order valence-corrected chi connectivity index (χ1v) is 9.93. The first-order chi connectivity index (χ1) is 14.9. The zero-order valence-electron chi connectivity index (χ0n) is 17.0. The summed E-state index contributed by atoms with van der Waals surface area (Å²) in [5, 5.41) is 5.42. The molecule has 0 saturated carbocycles. The lowest BCUT2D eigenvalue weighted by atomic mass is 10.1. The fourth-order valence-corrected chi connectivity index (χ4v) is 3.14. The fraction of sp³-hybridized carbons (Fsp3) is 0.429. The minimum Gasteiger partial charge on any atom is -0.468 e. The van der Waals surface area contributed by atoms with Crippen LogP contribution < -0.4 is 15.4 Å². The number of ether oxygens (including phenoxy) is 2. The number of hydrogen-bond donors (Lipinski definition) is 2. The number of aromatic nitrogens is 1. The second kappa shape index (κ2) is 11.0. The van der Waals surface area contributed by atoms with Crippen LogP contribution in [0.5, 0.6) is 5.88 Å². The summed E-state index contributed by atoms with van der Waals surface area (Å²) in [5.41, 5.74) is 2.48. The molecule has 0 aliphatic carbocycles. The molecule has 0 spiro atoms. The standard InChI is InChI=1S/C21H25F3N4O3/c22-21(23,24)15-31-19-17(6-3-7-25-19)13-27-20(29)26-12-16-4-1-2-5-18(16)14-28-8-10-30-11-9-28/h1-7H,8-15H2,(H2,26,27,29). The molecule has 2 amide bonds. The van der Waals surface area contributed by atoms with E-state index in [2.05, 4.69) is 20.5 Å². The van der Waals surface area contributed by atoms with E-state index in [0.29, 0.717) is 25.3 Å². The number of carbonyl (C=O) groups excluding carboxylic acids is 1. The van der Waals surface area contributed by atoms with Crippen molar-refractivity contribution in [3.8, 4) is 5.88 Å². The number of carbonyl (C=O) groups is 1. The van der Waals surface area contributed by atoms with Crippen molar-refractivity contribution in [2.75, 3.05) is 32.9 Å². The van der Waals surface area contributed by atoms with Crippen LogP contribution in [0, 0.1) is 0 Å². The van der Waals surface area contributed by atoms with Crippen LogP contribution in [0.1, 0.15) is 16.7 Å². The third kappa shape index (κ3) is 7.72. The number of amides is 2. The molecule has 1 saturated heterocycles. The van der Waals surface area contributed by atoms with Crippen LogP contribution in [-0.4, -0.2) is 55.0 Å². The maximum Gasteiger partial charge on any atom is 0.422 e. The van der Waals surface area contributed by atoms with Gasteiger partial charge in [-0.3, -0.25) is 4.90 Å². The molecule has 2 aromatic rings. The molecule has 1 aliphatic rings. The molecule has 0 bridgehead atoms. The molecule has 0 unspecified atom stereocenters. The highest BCUT2D eigenvalue weighted by Gasteiger charge is 2.29. The summed E-state index contributed by atoms with van der Waals surface area (Å²) < 4.78 is 47.3. The highest BCUT2D eigenvalue weighted by Crippen LogP contribution is 2.20. The van der Waals surface area contributed by atoms with Crippen LogP contribution in [0.3, 0.4) is 0 Å². The predicted octanol–water partition coefficient (Wildman–Crippen LogP) is 2.85. The monoisotopic (exact) mass is 438 g/mol. The molecule has 1 fully saturated rings. The molecule has 1 aromatic heterocycles. The summed E-state index contributed by atoms with van der Waals surface area (Å²) in [6.45, 7) is 2.82. The fourth-order valence-electron chi connectivity index (χ4n) is 3.14. The van der Waals surface area contributed by atoms with Crippen molar-refractivity contribution < 1.29 is 27.4 Å². The number of morpholine rings is 1. The van der Waals surface area contributed by atoms with Gasteiger partial charge in [-0.05, 0) is 17.2 Å². The molecular formula is C21H25F3N4O3. The average Bonchev–Trinajstić information content (AvgIpc) is 2.76. The zero-order valence-corrected chi connectivity index (χ0v) is 17.0. The average molecular weight is 438 g/mol. The summed E-state index contributed by atoms with van der Waals surface area (Å²) in [5.74, 6) is -0.156. The quantitative estimate of drug-likeness (QED) is 0.663. The van der Waals surface area contributed by atoms with Crippen LogP contribution >= 0.6 is 0 Å². The summed E-state index contributed by atoms with van der Waals surface area (Å²) in [4.78, 5) is 18.3. The predicted molar refractivity (Wildman–Crippen MR) is 107 cm³/mol. The van der Waals surface area contributed by atoms with E-state index in [1.165, 1.54) is 6.20 Å². The number of urea groups is 1. The molecule has 1 aliphatic heterocycles. The van der Waals surface area contributed by atoms with Gasteiger partial charge in [0.1, 0.15) is 0 Å². The zero-order chi connectivity index (χ0) is 22.1. The van der Waals surface area contributed by atoms with E-state index >= 15 is 0 Å². The Bertz CT molecular complexity index is 858.